The number of halogens is 1. The van der Waals surface area contributed by atoms with Crippen LogP contribution in [-0.2, 0) is 4.79 Å². The van der Waals surface area contributed by atoms with E-state index in [1.165, 1.54) is 23.7 Å². The highest BCUT2D eigenvalue weighted by atomic mass is 19.1. The van der Waals surface area contributed by atoms with Gasteiger partial charge in [0.25, 0.3) is 5.91 Å². The van der Waals surface area contributed by atoms with Gasteiger partial charge < -0.3 is 10.4 Å². The van der Waals surface area contributed by atoms with Gasteiger partial charge in [-0.3, -0.25) is 14.4 Å². The number of nitrogens with zero attached hydrogens (tertiary/aromatic N) is 2. The van der Waals surface area contributed by atoms with Crippen LogP contribution in [0, 0.1) is 5.82 Å². The van der Waals surface area contributed by atoms with Gasteiger partial charge >= 0.3 is 5.97 Å². The molecule has 0 bridgehead atoms. The minimum absolute atomic E-state index is 0.0284. The topological polar surface area (TPSA) is 101 Å². The first-order valence-electron chi connectivity index (χ1n) is 8.66. The van der Waals surface area contributed by atoms with Gasteiger partial charge in [-0.05, 0) is 48.9 Å². The van der Waals surface area contributed by atoms with E-state index in [0.717, 1.165) is 0 Å². The number of hydrogen-bond donors (Lipinski definition) is 2. The molecule has 0 aliphatic heterocycles. The second kappa shape index (κ2) is 7.99. The van der Waals surface area contributed by atoms with Crippen molar-refractivity contribution < 1.29 is 23.9 Å². The number of rotatable bonds is 6. The van der Waals surface area contributed by atoms with Crippen molar-refractivity contribution in [1.82, 2.24) is 15.1 Å². The van der Waals surface area contributed by atoms with Crippen LogP contribution in [0.3, 0.4) is 0 Å². The number of fused-ring (bicyclic) bond motifs is 1. The summed E-state index contributed by atoms with van der Waals surface area (Å²) in [5.41, 5.74) is 1.97. The maximum absolute atomic E-state index is 13.2. The predicted molar refractivity (Wildman–Crippen MR) is 101 cm³/mol. The Balaban J connectivity index is 1.96. The quantitative estimate of drug-likeness (QED) is 0.637. The lowest BCUT2D eigenvalue weighted by Gasteiger charge is -2.05. The number of amides is 1. The fourth-order valence-electron chi connectivity index (χ4n) is 2.86. The molecule has 2 N–H and O–H groups in total. The lowest BCUT2D eigenvalue weighted by atomic mass is 10.1. The summed E-state index contributed by atoms with van der Waals surface area (Å²) in [6.07, 6.45) is 0.297. The molecule has 1 amide bonds. The number of benzene rings is 2. The second-order valence-corrected chi connectivity index (χ2v) is 6.27. The lowest BCUT2D eigenvalue weighted by Crippen LogP contribution is -2.24. The van der Waals surface area contributed by atoms with Gasteiger partial charge in [-0.15, -0.1) is 0 Å². The summed E-state index contributed by atoms with van der Waals surface area (Å²) < 4.78 is 14.5. The molecule has 7 nitrogen and oxygen atoms in total. The largest absolute Gasteiger partial charge is 0.481 e. The molecule has 2 aromatic carbocycles. The lowest BCUT2D eigenvalue weighted by molar-refractivity contribution is -0.137. The first kappa shape index (κ1) is 19.2. The van der Waals surface area contributed by atoms with E-state index in [1.54, 1.807) is 30.3 Å². The van der Waals surface area contributed by atoms with Gasteiger partial charge in [0, 0.05) is 36.4 Å². The van der Waals surface area contributed by atoms with Crippen molar-refractivity contribution >= 4 is 28.7 Å². The van der Waals surface area contributed by atoms with Crippen LogP contribution in [0.1, 0.15) is 34.9 Å². The minimum atomic E-state index is -0.920. The van der Waals surface area contributed by atoms with Crippen LogP contribution in [0.15, 0.2) is 42.5 Å². The number of aromatic nitrogens is 2. The number of carboxylic acid groups (broad SMARTS) is 1. The first-order chi connectivity index (χ1) is 13.4. The third-order valence-corrected chi connectivity index (χ3v) is 4.21. The molecule has 3 rings (SSSR count). The molecule has 3 aromatic rings. The van der Waals surface area contributed by atoms with Gasteiger partial charge in [0.2, 0.25) is 5.91 Å². The predicted octanol–water partition coefficient (Wildman–Crippen LogP) is 3.10. The molecule has 1 aromatic heterocycles. The van der Waals surface area contributed by atoms with Gasteiger partial charge in [-0.1, -0.05) is 0 Å². The molecular formula is C20H18FN3O4. The monoisotopic (exact) mass is 383 g/mol. The Kier molecular flexibility index (Phi) is 5.49. The maximum Gasteiger partial charge on any atom is 0.303 e. The van der Waals surface area contributed by atoms with Crippen molar-refractivity contribution in [2.45, 2.75) is 19.8 Å². The summed E-state index contributed by atoms with van der Waals surface area (Å²) in [6, 6.07) is 10.5. The van der Waals surface area contributed by atoms with Crippen LogP contribution < -0.4 is 5.32 Å². The van der Waals surface area contributed by atoms with E-state index in [9.17, 15) is 18.8 Å². The number of carbonyl (C=O) groups excluding carboxylic acids is 2. The van der Waals surface area contributed by atoms with Crippen molar-refractivity contribution in [1.29, 1.82) is 0 Å². The minimum Gasteiger partial charge on any atom is -0.481 e. The summed E-state index contributed by atoms with van der Waals surface area (Å²) in [6.45, 7) is 1.62. The molecule has 0 radical (unpaired) electrons. The van der Waals surface area contributed by atoms with Crippen LogP contribution >= 0.6 is 0 Å². The summed E-state index contributed by atoms with van der Waals surface area (Å²) in [7, 11) is 0. The van der Waals surface area contributed by atoms with Crippen LogP contribution in [0.4, 0.5) is 4.39 Å². The van der Waals surface area contributed by atoms with Crippen LogP contribution in [0.2, 0.25) is 0 Å². The molecule has 0 aliphatic carbocycles. The highest BCUT2D eigenvalue weighted by Crippen LogP contribution is 2.29. The zero-order valence-electron chi connectivity index (χ0n) is 15.1. The molecule has 0 spiro atoms. The maximum atomic E-state index is 13.2. The van der Waals surface area contributed by atoms with E-state index in [-0.39, 0.29) is 30.6 Å². The second-order valence-electron chi connectivity index (χ2n) is 6.27. The molecule has 1 heterocycles. The van der Waals surface area contributed by atoms with Crippen LogP contribution in [-0.4, -0.2) is 39.2 Å². The third-order valence-electron chi connectivity index (χ3n) is 4.21. The summed E-state index contributed by atoms with van der Waals surface area (Å²) in [5.74, 6) is -1.95. The highest BCUT2D eigenvalue weighted by molar-refractivity contribution is 6.03. The molecule has 0 aliphatic rings. The smallest absolute Gasteiger partial charge is 0.303 e. The molecule has 0 fully saturated rings. The molecular weight excluding hydrogens is 365 g/mol. The molecule has 0 saturated heterocycles. The normalized spacial score (nSPS) is 10.8. The fraction of sp³-hybridized carbons (Fsp3) is 0.200. The van der Waals surface area contributed by atoms with Gasteiger partial charge in [0.05, 0.1) is 5.52 Å². The van der Waals surface area contributed by atoms with E-state index in [0.29, 0.717) is 34.1 Å². The Bertz CT molecular complexity index is 1060. The van der Waals surface area contributed by atoms with Crippen molar-refractivity contribution in [3.05, 3.63) is 53.8 Å². The van der Waals surface area contributed by atoms with E-state index in [1.807, 2.05) is 0 Å². The Hall–Kier alpha value is -3.55. The Labute approximate surface area is 159 Å². The Morgan fingerprint density at radius 1 is 1.14 bits per heavy atom. The van der Waals surface area contributed by atoms with Crippen LogP contribution in [0.25, 0.3) is 22.2 Å². The zero-order valence-corrected chi connectivity index (χ0v) is 15.1. The highest BCUT2D eigenvalue weighted by Gasteiger charge is 2.17. The molecule has 8 heteroatoms. The van der Waals surface area contributed by atoms with Crippen molar-refractivity contribution in [2.24, 2.45) is 0 Å². The number of carboxylic acids is 1. The first-order valence-corrected chi connectivity index (χ1v) is 8.66. The fourth-order valence-corrected chi connectivity index (χ4v) is 2.86. The van der Waals surface area contributed by atoms with E-state index in [4.69, 9.17) is 5.11 Å². The van der Waals surface area contributed by atoms with E-state index >= 15 is 0 Å². The Morgan fingerprint density at radius 2 is 1.86 bits per heavy atom. The molecule has 144 valence electrons. The standard InChI is InChI=1S/C20H18FN3O4/c1-12(25)24-17-9-6-14(20(28)22-10-2-3-18(26)27)11-16(17)19(23-24)13-4-7-15(21)8-5-13/h4-9,11H,2-3,10H2,1H3,(H,22,28)(H,26,27). The summed E-state index contributed by atoms with van der Waals surface area (Å²) >= 11 is 0. The number of aliphatic carboxylic acids is 1. The van der Waals surface area contributed by atoms with Gasteiger partial charge in [0.15, 0.2) is 0 Å². The van der Waals surface area contributed by atoms with Gasteiger partial charge in [0.1, 0.15) is 11.5 Å². The number of carbonyl (C=O) groups is 3. The average Bonchev–Trinajstić information content (AvgIpc) is 3.04. The van der Waals surface area contributed by atoms with Crippen molar-refractivity contribution in [3.8, 4) is 11.3 Å². The summed E-state index contributed by atoms with van der Waals surface area (Å²) in [4.78, 5) is 34.8. The van der Waals surface area contributed by atoms with Gasteiger partial charge in [-0.2, -0.15) is 9.78 Å². The molecule has 0 unspecified atom stereocenters. The zero-order chi connectivity index (χ0) is 20.3. The van der Waals surface area contributed by atoms with Gasteiger partial charge in [-0.25, -0.2) is 4.39 Å². The van der Waals surface area contributed by atoms with Crippen LogP contribution in [0.5, 0.6) is 0 Å². The van der Waals surface area contributed by atoms with Crippen molar-refractivity contribution in [3.63, 3.8) is 0 Å². The van der Waals surface area contributed by atoms with E-state index in [2.05, 4.69) is 10.4 Å². The average molecular weight is 383 g/mol. The third kappa shape index (κ3) is 4.06. The summed E-state index contributed by atoms with van der Waals surface area (Å²) in [5, 5.41) is 16.2. The van der Waals surface area contributed by atoms with Crippen molar-refractivity contribution in [2.75, 3.05) is 6.54 Å². The van der Waals surface area contributed by atoms with E-state index < -0.39 is 5.97 Å². The molecule has 0 atom stereocenters. The number of hydrogen-bond acceptors (Lipinski definition) is 4. The Morgan fingerprint density at radius 3 is 2.50 bits per heavy atom. The molecule has 28 heavy (non-hydrogen) atoms. The SMILES string of the molecule is CC(=O)n1nc(-c2ccc(F)cc2)c2cc(C(=O)NCCCC(=O)O)ccc21. The molecule has 0 saturated carbocycles. The number of nitrogens with one attached hydrogen (secondary N) is 1.